The second kappa shape index (κ2) is 6.95. The minimum atomic E-state index is -0.539. The molecule has 3 N–H and O–H groups in total. The van der Waals surface area contributed by atoms with E-state index in [0.29, 0.717) is 12.5 Å². The fourth-order valence-electron chi connectivity index (χ4n) is 2.31. The van der Waals surface area contributed by atoms with Gasteiger partial charge < -0.3 is 10.5 Å². The summed E-state index contributed by atoms with van der Waals surface area (Å²) in [6, 6.07) is 0. The number of amides is 1. The third-order valence-electron chi connectivity index (χ3n) is 3.07. The number of carbonyl (C=O) groups excluding carboxylic acids is 1. The Morgan fingerprint density at radius 3 is 2.50 bits per heavy atom. The maximum atomic E-state index is 11.5. The molecule has 0 radical (unpaired) electrons. The molecule has 5 nitrogen and oxygen atoms in total. The highest BCUT2D eigenvalue weighted by Gasteiger charge is 2.26. The van der Waals surface area contributed by atoms with Gasteiger partial charge >= 0.3 is 6.09 Å². The largest absolute Gasteiger partial charge is 0.442 e. The van der Waals surface area contributed by atoms with Crippen molar-refractivity contribution < 1.29 is 14.4 Å². The summed E-state index contributed by atoms with van der Waals surface area (Å²) in [5, 5.41) is 0. The molecule has 0 aromatic rings. The molecule has 1 aliphatic rings. The van der Waals surface area contributed by atoms with E-state index in [0.717, 1.165) is 19.3 Å². The third-order valence-corrected chi connectivity index (χ3v) is 3.07. The first-order valence-electron chi connectivity index (χ1n) is 6.77. The molecule has 0 aromatic heterocycles. The molecule has 1 fully saturated rings. The van der Waals surface area contributed by atoms with Crippen molar-refractivity contribution in [3.63, 3.8) is 0 Å². The summed E-state index contributed by atoms with van der Waals surface area (Å²) in [6.07, 6.45) is 5.01. The fourth-order valence-corrected chi connectivity index (χ4v) is 2.31. The zero-order valence-corrected chi connectivity index (χ0v) is 11.7. The van der Waals surface area contributed by atoms with Crippen molar-refractivity contribution >= 4 is 6.09 Å². The van der Waals surface area contributed by atoms with Gasteiger partial charge in [0.15, 0.2) is 0 Å². The molecule has 0 saturated heterocycles. The topological polar surface area (TPSA) is 73.6 Å². The van der Waals surface area contributed by atoms with Crippen LogP contribution in [0, 0.1) is 5.92 Å². The van der Waals surface area contributed by atoms with E-state index in [-0.39, 0.29) is 6.10 Å². The number of hydrogen-bond acceptors (Lipinski definition) is 4. The standard InChI is InChI=1S/C13H26N2O3/c1-13(2,3)17-12(16)15-18-11(8-9-14)10-6-4-5-7-10/h10-11H,4-9,14H2,1-3H3,(H,15,16). The molecule has 18 heavy (non-hydrogen) atoms. The van der Waals surface area contributed by atoms with Crippen LogP contribution in [0.4, 0.5) is 4.79 Å². The van der Waals surface area contributed by atoms with Crippen molar-refractivity contribution in [1.29, 1.82) is 0 Å². The lowest BCUT2D eigenvalue weighted by Crippen LogP contribution is -2.38. The highest BCUT2D eigenvalue weighted by molar-refractivity contribution is 5.66. The summed E-state index contributed by atoms with van der Waals surface area (Å²) in [7, 11) is 0. The first kappa shape index (κ1) is 15.2. The van der Waals surface area contributed by atoms with E-state index in [2.05, 4.69) is 5.48 Å². The smallest absolute Gasteiger partial charge is 0.431 e. The van der Waals surface area contributed by atoms with Crippen molar-refractivity contribution in [2.75, 3.05) is 6.54 Å². The third kappa shape index (κ3) is 5.69. The van der Waals surface area contributed by atoms with Gasteiger partial charge in [0, 0.05) is 0 Å². The number of nitrogens with two attached hydrogens (primary N) is 1. The Labute approximate surface area is 109 Å². The maximum absolute atomic E-state index is 11.5. The van der Waals surface area contributed by atoms with E-state index in [9.17, 15) is 4.79 Å². The number of nitrogens with one attached hydrogen (secondary N) is 1. The average molecular weight is 258 g/mol. The van der Waals surface area contributed by atoms with Gasteiger partial charge in [-0.25, -0.2) is 4.79 Å². The molecular formula is C13H26N2O3. The lowest BCUT2D eigenvalue weighted by molar-refractivity contribution is -0.0642. The summed E-state index contributed by atoms with van der Waals surface area (Å²) < 4.78 is 5.12. The van der Waals surface area contributed by atoms with Gasteiger partial charge in [0.25, 0.3) is 0 Å². The number of hydrogen-bond donors (Lipinski definition) is 2. The molecular weight excluding hydrogens is 232 g/mol. The first-order chi connectivity index (χ1) is 8.42. The van der Waals surface area contributed by atoms with Gasteiger partial charge in [0.05, 0.1) is 6.10 Å². The Balaban J connectivity index is 2.34. The molecule has 5 heteroatoms. The molecule has 0 aromatic carbocycles. The zero-order valence-electron chi connectivity index (χ0n) is 11.7. The van der Waals surface area contributed by atoms with E-state index in [4.69, 9.17) is 15.3 Å². The van der Waals surface area contributed by atoms with Crippen LogP contribution in [0.15, 0.2) is 0 Å². The van der Waals surface area contributed by atoms with Crippen molar-refractivity contribution in [2.45, 2.75) is 64.6 Å². The summed E-state index contributed by atoms with van der Waals surface area (Å²) in [5.41, 5.74) is 7.46. The van der Waals surface area contributed by atoms with Crippen LogP contribution in [-0.4, -0.2) is 24.3 Å². The normalized spacial score (nSPS) is 18.7. The van der Waals surface area contributed by atoms with Crippen LogP contribution in [0.5, 0.6) is 0 Å². The Hall–Kier alpha value is -0.810. The molecule has 1 amide bonds. The Kier molecular flexibility index (Phi) is 5.88. The Morgan fingerprint density at radius 1 is 1.39 bits per heavy atom. The first-order valence-corrected chi connectivity index (χ1v) is 6.77. The lowest BCUT2D eigenvalue weighted by atomic mass is 9.98. The highest BCUT2D eigenvalue weighted by atomic mass is 16.7. The van der Waals surface area contributed by atoms with Crippen LogP contribution in [-0.2, 0) is 9.57 Å². The molecule has 0 bridgehead atoms. The molecule has 1 unspecified atom stereocenters. The summed E-state index contributed by atoms with van der Waals surface area (Å²) >= 11 is 0. The average Bonchev–Trinajstić information content (AvgIpc) is 2.74. The number of hydroxylamine groups is 1. The van der Waals surface area contributed by atoms with Gasteiger partial charge in [-0.1, -0.05) is 12.8 Å². The number of carbonyl (C=O) groups is 1. The van der Waals surface area contributed by atoms with E-state index in [1.807, 2.05) is 20.8 Å². The van der Waals surface area contributed by atoms with Gasteiger partial charge in [-0.05, 0) is 52.5 Å². The molecule has 1 aliphatic carbocycles. The fraction of sp³-hybridized carbons (Fsp3) is 0.923. The number of ether oxygens (including phenoxy) is 1. The number of rotatable bonds is 5. The quantitative estimate of drug-likeness (QED) is 0.742. The molecule has 106 valence electrons. The maximum Gasteiger partial charge on any atom is 0.431 e. The minimum absolute atomic E-state index is 0.00465. The SMILES string of the molecule is CC(C)(C)OC(=O)NOC(CCN)C1CCCC1. The minimum Gasteiger partial charge on any atom is -0.442 e. The van der Waals surface area contributed by atoms with Gasteiger partial charge in [0.1, 0.15) is 5.60 Å². The van der Waals surface area contributed by atoms with Crippen LogP contribution in [0.25, 0.3) is 0 Å². The predicted octanol–water partition coefficient (Wildman–Crippen LogP) is 2.35. The van der Waals surface area contributed by atoms with Crippen molar-refractivity contribution in [1.82, 2.24) is 5.48 Å². The van der Waals surface area contributed by atoms with Gasteiger partial charge in [-0.2, -0.15) is 5.48 Å². The van der Waals surface area contributed by atoms with Crippen molar-refractivity contribution in [2.24, 2.45) is 11.7 Å². The molecule has 1 saturated carbocycles. The Bertz CT molecular complexity index is 257. The van der Waals surface area contributed by atoms with Crippen molar-refractivity contribution in [3.8, 4) is 0 Å². The van der Waals surface area contributed by atoms with Crippen LogP contribution >= 0.6 is 0 Å². The Morgan fingerprint density at radius 2 is 2.00 bits per heavy atom. The summed E-state index contributed by atoms with van der Waals surface area (Å²) in [5.74, 6) is 0.503. The highest BCUT2D eigenvalue weighted by Crippen LogP contribution is 2.30. The van der Waals surface area contributed by atoms with E-state index >= 15 is 0 Å². The second-order valence-corrected chi connectivity index (χ2v) is 5.88. The van der Waals surface area contributed by atoms with Gasteiger partial charge in [-0.15, -0.1) is 0 Å². The molecule has 1 rings (SSSR count). The summed E-state index contributed by atoms with van der Waals surface area (Å²) in [6.45, 7) is 6.03. The van der Waals surface area contributed by atoms with Crippen LogP contribution in [0.3, 0.4) is 0 Å². The van der Waals surface area contributed by atoms with Crippen LogP contribution < -0.4 is 11.2 Å². The van der Waals surface area contributed by atoms with Crippen molar-refractivity contribution in [3.05, 3.63) is 0 Å². The van der Waals surface area contributed by atoms with Crippen LogP contribution in [0.2, 0.25) is 0 Å². The summed E-state index contributed by atoms with van der Waals surface area (Å²) in [4.78, 5) is 17.0. The zero-order chi connectivity index (χ0) is 13.6. The van der Waals surface area contributed by atoms with Crippen LogP contribution in [0.1, 0.15) is 52.9 Å². The van der Waals surface area contributed by atoms with Gasteiger partial charge in [-0.3, -0.25) is 4.84 Å². The second-order valence-electron chi connectivity index (χ2n) is 5.88. The monoisotopic (exact) mass is 258 g/mol. The van der Waals surface area contributed by atoms with E-state index in [1.54, 1.807) is 0 Å². The van der Waals surface area contributed by atoms with Gasteiger partial charge in [0.2, 0.25) is 0 Å². The predicted molar refractivity (Wildman–Crippen MR) is 69.9 cm³/mol. The lowest BCUT2D eigenvalue weighted by Gasteiger charge is -2.24. The molecule has 0 aliphatic heterocycles. The molecule has 1 atom stereocenters. The molecule has 0 heterocycles. The van der Waals surface area contributed by atoms with E-state index in [1.165, 1.54) is 12.8 Å². The molecule has 0 spiro atoms. The van der Waals surface area contributed by atoms with E-state index < -0.39 is 11.7 Å².